The van der Waals surface area contributed by atoms with E-state index >= 15 is 0 Å². The first-order chi connectivity index (χ1) is 7.70. The van der Waals surface area contributed by atoms with Crippen LogP contribution in [0.1, 0.15) is 0 Å². The van der Waals surface area contributed by atoms with E-state index in [0.717, 1.165) is 28.2 Å². The standard InChI is InChI=1S/C13H15N3/c1-16-13-8-10(5-6-12(13)15)9-3-2-4-11(14)7-9/h2-8,16H,14-15H2,1H3. The van der Waals surface area contributed by atoms with Crippen LogP contribution in [0.2, 0.25) is 0 Å². The molecular formula is C13H15N3. The van der Waals surface area contributed by atoms with Crippen molar-refractivity contribution in [1.82, 2.24) is 0 Å². The van der Waals surface area contributed by atoms with Gasteiger partial charge in [-0.15, -0.1) is 0 Å². The summed E-state index contributed by atoms with van der Waals surface area (Å²) in [5.74, 6) is 0. The average Bonchev–Trinajstić information content (AvgIpc) is 2.29. The fourth-order valence-electron chi connectivity index (χ4n) is 1.67. The fraction of sp³-hybridized carbons (Fsp3) is 0.0769. The maximum atomic E-state index is 5.82. The quantitative estimate of drug-likeness (QED) is 0.672. The van der Waals surface area contributed by atoms with E-state index in [9.17, 15) is 0 Å². The minimum Gasteiger partial charge on any atom is -0.399 e. The van der Waals surface area contributed by atoms with Gasteiger partial charge in [-0.3, -0.25) is 0 Å². The number of nitrogen functional groups attached to an aromatic ring is 2. The van der Waals surface area contributed by atoms with Gasteiger partial charge < -0.3 is 16.8 Å². The second kappa shape index (κ2) is 4.14. The highest BCUT2D eigenvalue weighted by Gasteiger charge is 2.01. The summed E-state index contributed by atoms with van der Waals surface area (Å²) < 4.78 is 0. The first-order valence-corrected chi connectivity index (χ1v) is 5.14. The zero-order chi connectivity index (χ0) is 11.5. The molecule has 3 nitrogen and oxygen atoms in total. The molecule has 2 aromatic rings. The molecule has 0 saturated carbocycles. The summed E-state index contributed by atoms with van der Waals surface area (Å²) in [6.07, 6.45) is 0. The minimum absolute atomic E-state index is 0.746. The number of hydrogen-bond donors (Lipinski definition) is 3. The van der Waals surface area contributed by atoms with Gasteiger partial charge in [-0.05, 0) is 35.4 Å². The predicted molar refractivity (Wildman–Crippen MR) is 70.2 cm³/mol. The van der Waals surface area contributed by atoms with Crippen molar-refractivity contribution in [3.8, 4) is 11.1 Å². The van der Waals surface area contributed by atoms with Crippen LogP contribution in [-0.2, 0) is 0 Å². The van der Waals surface area contributed by atoms with Gasteiger partial charge in [-0.1, -0.05) is 18.2 Å². The number of benzene rings is 2. The smallest absolute Gasteiger partial charge is 0.0577 e. The molecule has 0 aliphatic heterocycles. The molecule has 0 aliphatic rings. The lowest BCUT2D eigenvalue weighted by atomic mass is 10.0. The first kappa shape index (κ1) is 10.4. The molecule has 0 unspecified atom stereocenters. The van der Waals surface area contributed by atoms with E-state index in [0.29, 0.717) is 0 Å². The van der Waals surface area contributed by atoms with Crippen LogP contribution in [0.25, 0.3) is 11.1 Å². The second-order valence-corrected chi connectivity index (χ2v) is 3.68. The molecule has 2 rings (SSSR count). The van der Waals surface area contributed by atoms with E-state index < -0.39 is 0 Å². The maximum Gasteiger partial charge on any atom is 0.0577 e. The van der Waals surface area contributed by atoms with Crippen molar-refractivity contribution in [3.63, 3.8) is 0 Å². The Morgan fingerprint density at radius 1 is 0.938 bits per heavy atom. The normalized spacial score (nSPS) is 10.1. The van der Waals surface area contributed by atoms with Gasteiger partial charge in [0.25, 0.3) is 0 Å². The van der Waals surface area contributed by atoms with Crippen molar-refractivity contribution >= 4 is 17.1 Å². The van der Waals surface area contributed by atoms with Crippen molar-refractivity contribution < 1.29 is 0 Å². The van der Waals surface area contributed by atoms with Gasteiger partial charge in [0.15, 0.2) is 0 Å². The highest BCUT2D eigenvalue weighted by atomic mass is 14.8. The zero-order valence-corrected chi connectivity index (χ0v) is 9.20. The Labute approximate surface area is 95.1 Å². The number of nitrogens with two attached hydrogens (primary N) is 2. The first-order valence-electron chi connectivity index (χ1n) is 5.14. The minimum atomic E-state index is 0.746. The Morgan fingerprint density at radius 3 is 2.38 bits per heavy atom. The van der Waals surface area contributed by atoms with E-state index in [1.165, 1.54) is 0 Å². The number of hydrogen-bond acceptors (Lipinski definition) is 3. The SMILES string of the molecule is CNc1cc(-c2cccc(N)c2)ccc1N. The molecule has 0 atom stereocenters. The van der Waals surface area contributed by atoms with Gasteiger partial charge in [0.05, 0.1) is 11.4 Å². The molecule has 0 amide bonds. The monoisotopic (exact) mass is 213 g/mol. The van der Waals surface area contributed by atoms with E-state index in [4.69, 9.17) is 11.5 Å². The van der Waals surface area contributed by atoms with E-state index in [1.54, 1.807) is 0 Å². The molecule has 0 fully saturated rings. The topological polar surface area (TPSA) is 64.1 Å². The molecule has 16 heavy (non-hydrogen) atoms. The molecular weight excluding hydrogens is 198 g/mol. The van der Waals surface area contributed by atoms with Crippen molar-refractivity contribution in [2.24, 2.45) is 0 Å². The summed E-state index contributed by atoms with van der Waals surface area (Å²) in [6.45, 7) is 0. The molecule has 0 radical (unpaired) electrons. The van der Waals surface area contributed by atoms with Gasteiger partial charge in [-0.2, -0.15) is 0 Å². The summed E-state index contributed by atoms with van der Waals surface area (Å²) in [7, 11) is 1.86. The lowest BCUT2D eigenvalue weighted by molar-refractivity contribution is 1.50. The summed E-state index contributed by atoms with van der Waals surface area (Å²) in [5.41, 5.74) is 16.2. The van der Waals surface area contributed by atoms with Crippen LogP contribution in [-0.4, -0.2) is 7.05 Å². The van der Waals surface area contributed by atoms with Crippen LogP contribution in [0.4, 0.5) is 17.1 Å². The van der Waals surface area contributed by atoms with Crippen LogP contribution >= 0.6 is 0 Å². The highest BCUT2D eigenvalue weighted by Crippen LogP contribution is 2.27. The van der Waals surface area contributed by atoms with Gasteiger partial charge in [-0.25, -0.2) is 0 Å². The number of nitrogens with one attached hydrogen (secondary N) is 1. The number of rotatable bonds is 2. The molecule has 0 bridgehead atoms. The van der Waals surface area contributed by atoms with E-state index in [2.05, 4.69) is 5.32 Å². The number of anilines is 3. The van der Waals surface area contributed by atoms with Crippen molar-refractivity contribution in [2.75, 3.05) is 23.8 Å². The molecule has 0 aromatic heterocycles. The third kappa shape index (κ3) is 1.93. The third-order valence-electron chi connectivity index (χ3n) is 2.54. The van der Waals surface area contributed by atoms with Gasteiger partial charge in [0.2, 0.25) is 0 Å². The van der Waals surface area contributed by atoms with Crippen molar-refractivity contribution in [3.05, 3.63) is 42.5 Å². The molecule has 0 saturated heterocycles. The summed E-state index contributed by atoms with van der Waals surface area (Å²) >= 11 is 0. The molecule has 5 N–H and O–H groups in total. The third-order valence-corrected chi connectivity index (χ3v) is 2.54. The maximum absolute atomic E-state index is 5.82. The van der Waals surface area contributed by atoms with Crippen molar-refractivity contribution in [2.45, 2.75) is 0 Å². The van der Waals surface area contributed by atoms with E-state index in [1.807, 2.05) is 49.5 Å². The Hall–Kier alpha value is -2.16. The van der Waals surface area contributed by atoms with Crippen LogP contribution in [0.5, 0.6) is 0 Å². The van der Waals surface area contributed by atoms with Gasteiger partial charge in [0.1, 0.15) is 0 Å². The van der Waals surface area contributed by atoms with Crippen LogP contribution in [0, 0.1) is 0 Å². The van der Waals surface area contributed by atoms with Crippen molar-refractivity contribution in [1.29, 1.82) is 0 Å². The molecule has 0 spiro atoms. The lowest BCUT2D eigenvalue weighted by Crippen LogP contribution is -1.95. The Kier molecular flexibility index (Phi) is 2.68. The largest absolute Gasteiger partial charge is 0.399 e. The van der Waals surface area contributed by atoms with Gasteiger partial charge in [0, 0.05) is 12.7 Å². The van der Waals surface area contributed by atoms with E-state index in [-0.39, 0.29) is 0 Å². The second-order valence-electron chi connectivity index (χ2n) is 3.68. The Bertz CT molecular complexity index is 506. The predicted octanol–water partition coefficient (Wildman–Crippen LogP) is 2.56. The van der Waals surface area contributed by atoms with Crippen LogP contribution in [0.15, 0.2) is 42.5 Å². The molecule has 2 aromatic carbocycles. The summed E-state index contributed by atoms with van der Waals surface area (Å²) in [5, 5.41) is 3.06. The fourth-order valence-corrected chi connectivity index (χ4v) is 1.67. The molecule has 0 aliphatic carbocycles. The van der Waals surface area contributed by atoms with Gasteiger partial charge >= 0.3 is 0 Å². The molecule has 82 valence electrons. The lowest BCUT2D eigenvalue weighted by Gasteiger charge is -2.08. The Morgan fingerprint density at radius 2 is 1.69 bits per heavy atom. The van der Waals surface area contributed by atoms with Crippen LogP contribution in [0.3, 0.4) is 0 Å². The summed E-state index contributed by atoms with van der Waals surface area (Å²) in [4.78, 5) is 0. The highest BCUT2D eigenvalue weighted by molar-refractivity contribution is 5.77. The average molecular weight is 213 g/mol. The molecule has 0 heterocycles. The zero-order valence-electron chi connectivity index (χ0n) is 9.20. The van der Waals surface area contributed by atoms with Crippen LogP contribution < -0.4 is 16.8 Å². The summed E-state index contributed by atoms with van der Waals surface area (Å²) in [6, 6.07) is 13.7. The molecule has 3 heteroatoms. The Balaban J connectivity index is 2.48.